The Hall–Kier alpha value is -3.40. The maximum Gasteiger partial charge on any atom is 0.419 e. The normalized spacial score (nSPS) is 19.7. The summed E-state index contributed by atoms with van der Waals surface area (Å²) in [6.45, 7) is 0.120. The Kier molecular flexibility index (Phi) is 9.04. The van der Waals surface area contributed by atoms with E-state index in [-0.39, 0.29) is 24.0 Å². The Labute approximate surface area is 224 Å². The Morgan fingerprint density at radius 3 is 2.13 bits per heavy atom. The molecule has 3 aromatic carbocycles. The molecule has 1 aliphatic rings. The zero-order chi connectivity index (χ0) is 27.0. The van der Waals surface area contributed by atoms with E-state index in [0.29, 0.717) is 6.42 Å². The molecule has 0 radical (unpaired) electrons. The number of rotatable bonds is 11. The molecule has 0 unspecified atom stereocenters. The van der Waals surface area contributed by atoms with Crippen molar-refractivity contribution in [2.45, 2.75) is 49.6 Å². The maximum atomic E-state index is 12.0. The quantitative estimate of drug-likeness (QED) is 0.281. The smallest absolute Gasteiger partial charge is 0.419 e. The second kappa shape index (κ2) is 12.4. The highest BCUT2D eigenvalue weighted by Crippen LogP contribution is 2.43. The molecule has 0 heterocycles. The molecule has 0 saturated heterocycles. The van der Waals surface area contributed by atoms with E-state index in [1.807, 2.05) is 30.3 Å². The van der Waals surface area contributed by atoms with E-state index in [1.54, 1.807) is 7.11 Å². The number of ether oxygens (including phenoxy) is 1. The number of nitrogens with one attached hydrogen (secondary N) is 3. The molecule has 0 aliphatic heterocycles. The first-order chi connectivity index (χ1) is 18.3. The van der Waals surface area contributed by atoms with E-state index in [9.17, 15) is 13.2 Å². The summed E-state index contributed by atoms with van der Waals surface area (Å²) in [6.07, 6.45) is 2.44. The zero-order valence-corrected chi connectivity index (χ0v) is 22.3. The number of hydrogen-bond donors (Lipinski definition) is 4. The molecule has 202 valence electrons. The molecule has 0 bridgehead atoms. The highest BCUT2D eigenvalue weighted by molar-refractivity contribution is 7.88. The predicted octanol–water partition coefficient (Wildman–Crippen LogP) is 4.75. The molecule has 1 aliphatic carbocycles. The van der Waals surface area contributed by atoms with Gasteiger partial charge < -0.3 is 15.2 Å². The summed E-state index contributed by atoms with van der Waals surface area (Å²) in [5.74, 6) is 0.753. The zero-order valence-electron chi connectivity index (χ0n) is 21.5. The monoisotopic (exact) mass is 537 g/mol. The fourth-order valence-corrected chi connectivity index (χ4v) is 6.13. The molecule has 1 fully saturated rings. The van der Waals surface area contributed by atoms with Crippen molar-refractivity contribution in [2.75, 3.05) is 13.7 Å². The van der Waals surface area contributed by atoms with Gasteiger partial charge in [-0.05, 0) is 66.3 Å². The number of carboxylic acid groups (broad SMARTS) is 1. The number of amides is 1. The molecule has 3 aromatic rings. The Morgan fingerprint density at radius 2 is 1.58 bits per heavy atom. The van der Waals surface area contributed by atoms with Gasteiger partial charge in [0.15, 0.2) is 0 Å². The summed E-state index contributed by atoms with van der Waals surface area (Å²) in [7, 11) is -2.50. The SMILES string of the molecule is COc1cccc([C@]2(CCNS(=O)(=O)NC(=O)O)CC[C@H](NC(c3ccccc3)c3ccccc3)CC2)c1. The second-order valence-corrected chi connectivity index (χ2v) is 11.3. The van der Waals surface area contributed by atoms with Crippen LogP contribution >= 0.6 is 0 Å². The van der Waals surface area contributed by atoms with Gasteiger partial charge in [-0.1, -0.05) is 72.8 Å². The van der Waals surface area contributed by atoms with Crippen molar-refractivity contribution in [1.82, 2.24) is 14.8 Å². The first-order valence-corrected chi connectivity index (χ1v) is 14.3. The van der Waals surface area contributed by atoms with Crippen LogP contribution in [0.3, 0.4) is 0 Å². The van der Waals surface area contributed by atoms with Crippen molar-refractivity contribution in [3.05, 3.63) is 102 Å². The van der Waals surface area contributed by atoms with Crippen LogP contribution in [0.4, 0.5) is 4.79 Å². The Bertz CT molecular complexity index is 1250. The maximum absolute atomic E-state index is 12.0. The van der Waals surface area contributed by atoms with Crippen molar-refractivity contribution in [3.63, 3.8) is 0 Å². The molecule has 4 rings (SSSR count). The van der Waals surface area contributed by atoms with Gasteiger partial charge in [-0.25, -0.2) is 9.52 Å². The molecular formula is C29H35N3O5S. The van der Waals surface area contributed by atoms with Crippen molar-refractivity contribution in [3.8, 4) is 5.75 Å². The summed E-state index contributed by atoms with van der Waals surface area (Å²) in [6, 6.07) is 29.1. The minimum Gasteiger partial charge on any atom is -0.497 e. The highest BCUT2D eigenvalue weighted by Gasteiger charge is 2.38. The van der Waals surface area contributed by atoms with E-state index in [1.165, 1.54) is 15.8 Å². The van der Waals surface area contributed by atoms with Gasteiger partial charge in [-0.2, -0.15) is 13.1 Å². The average Bonchev–Trinajstić information content (AvgIpc) is 2.93. The molecular weight excluding hydrogens is 502 g/mol. The standard InChI is InChI=1S/C29H35N3O5S/c1-37-26-14-8-13-24(21-26)29(19-20-30-38(35,36)32-28(33)34)17-15-25(16-18-29)31-27(22-9-4-2-5-10-22)23-11-6-3-7-12-23/h2-14,21,25,27,30-32H,15-20H2,1H3,(H,33,34)/t25-,29+. The summed E-state index contributed by atoms with van der Waals surface area (Å²) >= 11 is 0. The molecule has 1 saturated carbocycles. The highest BCUT2D eigenvalue weighted by atomic mass is 32.2. The minimum atomic E-state index is -4.13. The number of hydrogen-bond acceptors (Lipinski definition) is 5. The largest absolute Gasteiger partial charge is 0.497 e. The van der Waals surface area contributed by atoms with Gasteiger partial charge in [-0.15, -0.1) is 0 Å². The van der Waals surface area contributed by atoms with Crippen molar-refractivity contribution in [1.29, 1.82) is 0 Å². The Balaban J connectivity index is 1.51. The molecule has 38 heavy (non-hydrogen) atoms. The van der Waals surface area contributed by atoms with Gasteiger partial charge in [0.1, 0.15) is 5.75 Å². The molecule has 1 amide bonds. The summed E-state index contributed by atoms with van der Waals surface area (Å²) in [5.41, 5.74) is 3.25. The lowest BCUT2D eigenvalue weighted by Gasteiger charge is -2.42. The van der Waals surface area contributed by atoms with Crippen molar-refractivity contribution < 1.29 is 23.1 Å². The van der Waals surface area contributed by atoms with E-state index in [0.717, 1.165) is 37.0 Å². The molecule has 0 aromatic heterocycles. The van der Waals surface area contributed by atoms with Crippen LogP contribution in [0.1, 0.15) is 54.8 Å². The Morgan fingerprint density at radius 1 is 0.974 bits per heavy atom. The van der Waals surface area contributed by atoms with E-state index in [4.69, 9.17) is 9.84 Å². The van der Waals surface area contributed by atoms with Gasteiger partial charge in [0.2, 0.25) is 0 Å². The van der Waals surface area contributed by atoms with Gasteiger partial charge in [0, 0.05) is 12.6 Å². The summed E-state index contributed by atoms with van der Waals surface area (Å²) in [5, 5.41) is 12.7. The summed E-state index contributed by atoms with van der Waals surface area (Å²) < 4.78 is 33.4. The number of methoxy groups -OCH3 is 1. The van der Waals surface area contributed by atoms with Crippen molar-refractivity contribution in [2.24, 2.45) is 0 Å². The third kappa shape index (κ3) is 7.12. The first kappa shape index (κ1) is 27.6. The first-order valence-electron chi connectivity index (χ1n) is 12.8. The van der Waals surface area contributed by atoms with E-state index in [2.05, 4.69) is 64.6 Å². The third-order valence-electron chi connectivity index (χ3n) is 7.41. The van der Waals surface area contributed by atoms with Gasteiger partial charge in [0.25, 0.3) is 0 Å². The summed E-state index contributed by atoms with van der Waals surface area (Å²) in [4.78, 5) is 10.8. The third-order valence-corrected chi connectivity index (χ3v) is 8.44. The molecule has 0 atom stereocenters. The van der Waals surface area contributed by atoms with E-state index >= 15 is 0 Å². The number of benzene rings is 3. The van der Waals surface area contributed by atoms with Gasteiger partial charge in [-0.3, -0.25) is 0 Å². The second-order valence-electron chi connectivity index (χ2n) is 9.76. The molecule has 0 spiro atoms. The number of carbonyl (C=O) groups is 1. The van der Waals surface area contributed by atoms with Crippen LogP contribution in [0.2, 0.25) is 0 Å². The average molecular weight is 538 g/mol. The molecule has 4 N–H and O–H groups in total. The van der Waals surface area contributed by atoms with Gasteiger partial charge in [0.05, 0.1) is 13.2 Å². The van der Waals surface area contributed by atoms with Gasteiger partial charge >= 0.3 is 16.3 Å². The lowest BCUT2D eigenvalue weighted by atomic mass is 9.66. The van der Waals surface area contributed by atoms with Crippen LogP contribution in [-0.2, 0) is 15.6 Å². The lowest BCUT2D eigenvalue weighted by molar-refractivity contribution is 0.201. The lowest BCUT2D eigenvalue weighted by Crippen LogP contribution is -2.44. The van der Waals surface area contributed by atoms with Crippen LogP contribution in [0, 0.1) is 0 Å². The van der Waals surface area contributed by atoms with Crippen LogP contribution in [0.25, 0.3) is 0 Å². The van der Waals surface area contributed by atoms with E-state index < -0.39 is 16.3 Å². The predicted molar refractivity (Wildman–Crippen MR) is 147 cm³/mol. The fraction of sp³-hybridized carbons (Fsp3) is 0.345. The van der Waals surface area contributed by atoms with Crippen LogP contribution < -0.4 is 19.5 Å². The topological polar surface area (TPSA) is 117 Å². The van der Waals surface area contributed by atoms with Crippen LogP contribution in [-0.4, -0.2) is 39.3 Å². The van der Waals surface area contributed by atoms with Crippen LogP contribution in [0.5, 0.6) is 5.75 Å². The minimum absolute atomic E-state index is 0.0700. The van der Waals surface area contributed by atoms with Crippen LogP contribution in [0.15, 0.2) is 84.9 Å². The molecule has 8 nitrogen and oxygen atoms in total. The fourth-order valence-electron chi connectivity index (χ4n) is 5.46. The van der Waals surface area contributed by atoms with Crippen molar-refractivity contribution >= 4 is 16.3 Å². The molecule has 9 heteroatoms.